The van der Waals surface area contributed by atoms with Crippen LogP contribution in [0, 0.1) is 5.92 Å². The predicted octanol–water partition coefficient (Wildman–Crippen LogP) is 2.18. The fourth-order valence-electron chi connectivity index (χ4n) is 3.15. The monoisotopic (exact) mass is 420 g/mol. The molecule has 0 aromatic heterocycles. The van der Waals surface area contributed by atoms with Crippen molar-refractivity contribution in [2.45, 2.75) is 85.0 Å². The summed E-state index contributed by atoms with van der Waals surface area (Å²) in [5.41, 5.74) is 1.71. The Kier molecular flexibility index (Phi) is 14.6. The van der Waals surface area contributed by atoms with E-state index in [1.807, 2.05) is 6.92 Å². The van der Waals surface area contributed by atoms with Gasteiger partial charge in [-0.1, -0.05) is 64.8 Å². The van der Waals surface area contributed by atoms with Gasteiger partial charge < -0.3 is 14.6 Å². The number of esters is 1. The molecule has 158 valence electrons. The predicted molar refractivity (Wildman–Crippen MR) is 118 cm³/mol. The van der Waals surface area contributed by atoms with Gasteiger partial charge in [0.15, 0.2) is 0 Å². The van der Waals surface area contributed by atoms with E-state index in [0.717, 1.165) is 12.8 Å². The van der Waals surface area contributed by atoms with E-state index in [0.29, 0.717) is 0 Å². The van der Waals surface area contributed by atoms with Crippen LogP contribution in [0.5, 0.6) is 0 Å². The number of rotatable bonds is 12. The Balaban J connectivity index is 0. The molecule has 0 heterocycles. The molecular weight excluding hydrogens is 379 g/mol. The van der Waals surface area contributed by atoms with Gasteiger partial charge in [-0.2, -0.15) is 0 Å². The summed E-state index contributed by atoms with van der Waals surface area (Å²) in [5.74, 6) is -1.27. The van der Waals surface area contributed by atoms with Crippen molar-refractivity contribution in [3.05, 3.63) is 23.2 Å². The zero-order valence-corrected chi connectivity index (χ0v) is 22.0. The minimum Gasteiger partial charge on any atom is -0.613 e. The molecule has 0 aliphatic heterocycles. The van der Waals surface area contributed by atoms with Crippen molar-refractivity contribution in [1.29, 1.82) is 0 Å². The normalized spacial score (nSPS) is 13.8. The average Bonchev–Trinajstić information content (AvgIpc) is 2.44. The summed E-state index contributed by atoms with van der Waals surface area (Å²) >= 11 is 0. The Bertz CT molecular complexity index is 514. The van der Waals surface area contributed by atoms with Crippen LogP contribution in [-0.2, 0) is 14.3 Å². The van der Waals surface area contributed by atoms with E-state index >= 15 is 0 Å². The zero-order valence-electron chi connectivity index (χ0n) is 20.0. The molecule has 4 nitrogen and oxygen atoms in total. The molecule has 0 amide bonds. The smallest absolute Gasteiger partial charge is 0.613 e. The molecule has 0 aromatic rings. The summed E-state index contributed by atoms with van der Waals surface area (Å²) in [5, 5.41) is 12.2. The summed E-state index contributed by atoms with van der Waals surface area (Å²) < 4.78 is 10.1. The number of hydrogen-bond donors (Lipinski definition) is 0. The minimum absolute atomic E-state index is 0. The first-order chi connectivity index (χ1) is 12.3. The van der Waals surface area contributed by atoms with Gasteiger partial charge in [-0.25, -0.2) is 4.79 Å². The Hall–Kier alpha value is -0.419. The first-order valence-electron chi connectivity index (χ1n) is 10.2. The Labute approximate surface area is 187 Å². The maximum Gasteiger partial charge on any atom is 1.00 e. The second-order valence-electron chi connectivity index (χ2n) is 9.67. The third kappa shape index (κ3) is 13.7. The number of carbonyl (C=O) groups excluding carboxylic acids is 1. The maximum atomic E-state index is 12.2. The average molecular weight is 421 g/mol. The van der Waals surface area contributed by atoms with Crippen LogP contribution in [0.1, 0.15) is 33.6 Å². The number of ether oxygens (including phenoxy) is 2. The Morgan fingerprint density at radius 2 is 1.43 bits per heavy atom. The molecule has 0 rings (SSSR count). The van der Waals surface area contributed by atoms with Gasteiger partial charge in [-0.15, -0.1) is 0 Å². The molecule has 0 aliphatic carbocycles. The van der Waals surface area contributed by atoms with Crippen molar-refractivity contribution in [3.63, 3.8) is 0 Å². The van der Waals surface area contributed by atoms with E-state index < -0.39 is 28.1 Å². The van der Waals surface area contributed by atoms with E-state index in [1.165, 1.54) is 12.1 Å². The van der Waals surface area contributed by atoms with Crippen LogP contribution < -0.4 is 24.0 Å². The van der Waals surface area contributed by atoms with Gasteiger partial charge in [0.25, 0.3) is 0 Å². The second kappa shape index (κ2) is 13.7. The van der Waals surface area contributed by atoms with Crippen molar-refractivity contribution in [2.75, 3.05) is 13.2 Å². The molecule has 7 heteroatoms. The van der Waals surface area contributed by atoms with Crippen LogP contribution in [0.2, 0.25) is 51.4 Å². The first kappa shape index (κ1) is 29.8. The molecule has 1 unspecified atom stereocenters. The van der Waals surface area contributed by atoms with Gasteiger partial charge in [0.2, 0.25) is 0 Å². The molecule has 0 bridgehead atoms. The maximum absolute atomic E-state index is 12.2. The van der Waals surface area contributed by atoms with Crippen molar-refractivity contribution in [2.24, 2.45) is 5.92 Å². The molecule has 0 fully saturated rings. The Morgan fingerprint density at radius 1 is 0.964 bits per heavy atom. The fraction of sp³-hybridized carbons (Fsp3) is 0.762. The molecule has 0 aliphatic rings. The molecule has 0 saturated heterocycles. The van der Waals surface area contributed by atoms with E-state index in [9.17, 15) is 9.90 Å². The Morgan fingerprint density at radius 3 is 1.82 bits per heavy atom. The third-order valence-corrected chi connectivity index (χ3v) is 7.06. The third-order valence-electron chi connectivity index (χ3n) is 4.03. The topological polar surface area (TPSA) is 58.6 Å². The van der Waals surface area contributed by atoms with Gasteiger partial charge in [0, 0.05) is 16.1 Å². The molecular formula is C21H41LiO4Si2. The van der Waals surface area contributed by atoms with E-state index in [2.05, 4.69) is 45.4 Å². The molecule has 0 saturated carbocycles. The quantitative estimate of drug-likeness (QED) is 0.160. The summed E-state index contributed by atoms with van der Waals surface area (Å²) in [6.07, 6.45) is 3.97. The number of carbonyl (C=O) groups is 1. The molecule has 0 aromatic carbocycles. The van der Waals surface area contributed by atoms with E-state index in [-0.39, 0.29) is 43.6 Å². The zero-order chi connectivity index (χ0) is 21.3. The van der Waals surface area contributed by atoms with Crippen molar-refractivity contribution in [3.8, 4) is 0 Å². The molecule has 1 atom stereocenters. The standard InChI is InChI=1S/C21H42O4Si2.Li/c1-10-24-20(22)19(21(23)25-11-2)17(3)13-12-14-18(15-26(4,5)6)16-27(7,8)9;/h14,17,22H,10-13,15-16H2,1-9H3;/q;+1/p-1/b20-19+;. The van der Waals surface area contributed by atoms with Crippen LogP contribution in [-0.4, -0.2) is 35.3 Å². The SMILES string of the molecule is CCOC(=O)/C(=C(\[O-])OCC)C(C)CCC=C(C[Si](C)(C)C)C[Si](C)(C)C.[Li+]. The molecule has 28 heavy (non-hydrogen) atoms. The van der Waals surface area contributed by atoms with E-state index in [1.54, 1.807) is 19.4 Å². The van der Waals surface area contributed by atoms with Gasteiger partial charge in [-0.3, -0.25) is 0 Å². The first-order valence-corrected chi connectivity index (χ1v) is 17.6. The van der Waals surface area contributed by atoms with Crippen LogP contribution in [0.3, 0.4) is 0 Å². The van der Waals surface area contributed by atoms with Crippen molar-refractivity contribution in [1.82, 2.24) is 0 Å². The van der Waals surface area contributed by atoms with Crippen LogP contribution in [0.25, 0.3) is 0 Å². The molecule has 0 radical (unpaired) electrons. The summed E-state index contributed by atoms with van der Waals surface area (Å²) in [7, 11) is -2.35. The fourth-order valence-corrected chi connectivity index (χ4v) is 6.67. The minimum atomic E-state index is -1.18. The largest absolute Gasteiger partial charge is 1.00 e. The molecule has 0 spiro atoms. The van der Waals surface area contributed by atoms with Crippen molar-refractivity contribution < 1.29 is 38.2 Å². The van der Waals surface area contributed by atoms with Crippen LogP contribution in [0.4, 0.5) is 0 Å². The molecule has 0 N–H and O–H groups in total. The van der Waals surface area contributed by atoms with Gasteiger partial charge in [0.05, 0.1) is 18.1 Å². The van der Waals surface area contributed by atoms with Gasteiger partial charge >= 0.3 is 24.8 Å². The summed E-state index contributed by atoms with van der Waals surface area (Å²) in [6.45, 7) is 20.3. The van der Waals surface area contributed by atoms with Gasteiger partial charge in [0.1, 0.15) is 0 Å². The van der Waals surface area contributed by atoms with Crippen LogP contribution >= 0.6 is 0 Å². The van der Waals surface area contributed by atoms with Crippen molar-refractivity contribution >= 4 is 22.1 Å². The van der Waals surface area contributed by atoms with Gasteiger partial charge in [-0.05, 0) is 44.4 Å². The van der Waals surface area contributed by atoms with E-state index in [4.69, 9.17) is 9.47 Å². The number of allylic oxidation sites excluding steroid dienone is 2. The van der Waals surface area contributed by atoms with Crippen LogP contribution in [0.15, 0.2) is 23.2 Å². The summed E-state index contributed by atoms with van der Waals surface area (Å²) in [4.78, 5) is 12.2. The summed E-state index contributed by atoms with van der Waals surface area (Å²) in [6, 6.07) is 2.44. The second-order valence-corrected chi connectivity index (χ2v) is 20.6. The number of hydrogen-bond acceptors (Lipinski definition) is 4.